The predicted octanol–water partition coefficient (Wildman–Crippen LogP) is -0.388. The normalized spacial score (nSPS) is 22.8. The van der Waals surface area contributed by atoms with Gasteiger partial charge in [0, 0.05) is 25.6 Å². The second kappa shape index (κ2) is 5.84. The summed E-state index contributed by atoms with van der Waals surface area (Å²) in [6.07, 6.45) is 1.07. The quantitative estimate of drug-likeness (QED) is 0.611. The van der Waals surface area contributed by atoms with Gasteiger partial charge in [-0.15, -0.1) is 0 Å². The molecule has 0 bridgehead atoms. The highest BCUT2D eigenvalue weighted by molar-refractivity contribution is 5.83. The van der Waals surface area contributed by atoms with Gasteiger partial charge in [0.1, 0.15) is 0 Å². The zero-order chi connectivity index (χ0) is 12.1. The standard InChI is InChI=1S/C11H21N3O2/c1-7(2)9(12)6-14-11(16)8-3-4-10(15)13-5-8/h7-9H,3-6,12H2,1-2H3,(H,13,15)(H,14,16). The zero-order valence-corrected chi connectivity index (χ0v) is 9.95. The van der Waals surface area contributed by atoms with Gasteiger partial charge in [0.25, 0.3) is 0 Å². The summed E-state index contributed by atoms with van der Waals surface area (Å²) in [5.74, 6) is 0.280. The molecule has 5 nitrogen and oxygen atoms in total. The number of amides is 2. The van der Waals surface area contributed by atoms with E-state index < -0.39 is 0 Å². The van der Waals surface area contributed by atoms with Crippen LogP contribution in [0.15, 0.2) is 0 Å². The van der Waals surface area contributed by atoms with Crippen LogP contribution in [-0.2, 0) is 9.59 Å². The van der Waals surface area contributed by atoms with Crippen LogP contribution in [0.2, 0.25) is 0 Å². The Kier molecular flexibility index (Phi) is 4.73. The van der Waals surface area contributed by atoms with E-state index in [9.17, 15) is 9.59 Å². The largest absolute Gasteiger partial charge is 0.355 e. The van der Waals surface area contributed by atoms with Crippen molar-refractivity contribution in [1.82, 2.24) is 10.6 Å². The molecule has 1 aliphatic heterocycles. The minimum Gasteiger partial charge on any atom is -0.355 e. The van der Waals surface area contributed by atoms with Crippen LogP contribution in [0.25, 0.3) is 0 Å². The minimum absolute atomic E-state index is 0.00361. The van der Waals surface area contributed by atoms with Gasteiger partial charge in [-0.1, -0.05) is 13.8 Å². The highest BCUT2D eigenvalue weighted by atomic mass is 16.2. The number of carbonyl (C=O) groups excluding carboxylic acids is 2. The fourth-order valence-electron chi connectivity index (χ4n) is 1.56. The molecule has 1 aliphatic rings. The molecule has 0 aromatic rings. The van der Waals surface area contributed by atoms with Crippen LogP contribution < -0.4 is 16.4 Å². The number of rotatable bonds is 4. The van der Waals surface area contributed by atoms with E-state index in [-0.39, 0.29) is 23.8 Å². The van der Waals surface area contributed by atoms with E-state index in [0.717, 1.165) is 0 Å². The summed E-state index contributed by atoms with van der Waals surface area (Å²) >= 11 is 0. The molecule has 0 radical (unpaired) electrons. The van der Waals surface area contributed by atoms with Gasteiger partial charge in [0.15, 0.2) is 0 Å². The average molecular weight is 227 g/mol. The SMILES string of the molecule is CC(C)C(N)CNC(=O)C1CCC(=O)NC1. The van der Waals surface area contributed by atoms with Crippen molar-refractivity contribution >= 4 is 11.8 Å². The topological polar surface area (TPSA) is 84.2 Å². The first-order chi connectivity index (χ1) is 7.50. The predicted molar refractivity (Wildman–Crippen MR) is 61.6 cm³/mol. The van der Waals surface area contributed by atoms with Crippen LogP contribution >= 0.6 is 0 Å². The second-order valence-electron chi connectivity index (χ2n) is 4.69. The Hall–Kier alpha value is -1.10. The molecule has 0 saturated carbocycles. The van der Waals surface area contributed by atoms with Crippen molar-refractivity contribution < 1.29 is 9.59 Å². The molecule has 92 valence electrons. The van der Waals surface area contributed by atoms with E-state index in [0.29, 0.717) is 31.8 Å². The van der Waals surface area contributed by atoms with Crippen molar-refractivity contribution in [2.45, 2.75) is 32.7 Å². The Bertz CT molecular complexity index is 256. The Morgan fingerprint density at radius 1 is 1.62 bits per heavy atom. The number of nitrogens with two attached hydrogens (primary N) is 1. The third-order valence-corrected chi connectivity index (χ3v) is 3.00. The van der Waals surface area contributed by atoms with Gasteiger partial charge >= 0.3 is 0 Å². The van der Waals surface area contributed by atoms with Crippen molar-refractivity contribution in [1.29, 1.82) is 0 Å². The molecule has 1 rings (SSSR count). The first-order valence-corrected chi connectivity index (χ1v) is 5.80. The van der Waals surface area contributed by atoms with Crippen molar-refractivity contribution in [2.24, 2.45) is 17.6 Å². The van der Waals surface area contributed by atoms with Crippen molar-refractivity contribution in [3.8, 4) is 0 Å². The molecule has 0 aromatic carbocycles. The van der Waals surface area contributed by atoms with Crippen LogP contribution in [0, 0.1) is 11.8 Å². The highest BCUT2D eigenvalue weighted by Gasteiger charge is 2.24. The molecule has 2 atom stereocenters. The fourth-order valence-corrected chi connectivity index (χ4v) is 1.56. The van der Waals surface area contributed by atoms with E-state index in [2.05, 4.69) is 10.6 Å². The van der Waals surface area contributed by atoms with E-state index >= 15 is 0 Å². The van der Waals surface area contributed by atoms with E-state index in [1.807, 2.05) is 13.8 Å². The van der Waals surface area contributed by atoms with Crippen LogP contribution in [-0.4, -0.2) is 30.9 Å². The summed E-state index contributed by atoms with van der Waals surface area (Å²) in [6, 6.07) is -0.0119. The number of piperidine rings is 1. The summed E-state index contributed by atoms with van der Waals surface area (Å²) in [4.78, 5) is 22.6. The minimum atomic E-state index is -0.0999. The first kappa shape index (κ1) is 13.0. The summed E-state index contributed by atoms with van der Waals surface area (Å²) in [5.41, 5.74) is 5.83. The van der Waals surface area contributed by atoms with Crippen molar-refractivity contribution in [3.63, 3.8) is 0 Å². The maximum atomic E-state index is 11.7. The monoisotopic (exact) mass is 227 g/mol. The second-order valence-corrected chi connectivity index (χ2v) is 4.69. The molecule has 2 amide bonds. The van der Waals surface area contributed by atoms with Crippen LogP contribution in [0.3, 0.4) is 0 Å². The molecule has 1 saturated heterocycles. The molecular weight excluding hydrogens is 206 g/mol. The van der Waals surface area contributed by atoms with Gasteiger partial charge in [-0.3, -0.25) is 9.59 Å². The fraction of sp³-hybridized carbons (Fsp3) is 0.818. The molecule has 2 unspecified atom stereocenters. The van der Waals surface area contributed by atoms with Gasteiger partial charge in [-0.25, -0.2) is 0 Å². The van der Waals surface area contributed by atoms with Gasteiger partial charge in [0.05, 0.1) is 5.92 Å². The lowest BCUT2D eigenvalue weighted by molar-refractivity contribution is -0.129. The molecule has 16 heavy (non-hydrogen) atoms. The van der Waals surface area contributed by atoms with Crippen LogP contribution in [0.5, 0.6) is 0 Å². The average Bonchev–Trinajstić information content (AvgIpc) is 2.26. The zero-order valence-electron chi connectivity index (χ0n) is 9.95. The summed E-state index contributed by atoms with van der Waals surface area (Å²) in [6.45, 7) is 5.00. The molecule has 0 aromatic heterocycles. The lowest BCUT2D eigenvalue weighted by atomic mass is 9.98. The first-order valence-electron chi connectivity index (χ1n) is 5.80. The number of nitrogens with one attached hydrogen (secondary N) is 2. The maximum absolute atomic E-state index is 11.7. The van der Waals surface area contributed by atoms with Crippen LogP contribution in [0.1, 0.15) is 26.7 Å². The number of carbonyl (C=O) groups is 2. The highest BCUT2D eigenvalue weighted by Crippen LogP contribution is 2.10. The van der Waals surface area contributed by atoms with E-state index in [1.165, 1.54) is 0 Å². The third-order valence-electron chi connectivity index (χ3n) is 3.00. The van der Waals surface area contributed by atoms with E-state index in [1.54, 1.807) is 0 Å². The number of hydrogen-bond donors (Lipinski definition) is 3. The van der Waals surface area contributed by atoms with E-state index in [4.69, 9.17) is 5.73 Å². The maximum Gasteiger partial charge on any atom is 0.224 e. The van der Waals surface area contributed by atoms with Gasteiger partial charge in [0.2, 0.25) is 11.8 Å². The molecule has 0 spiro atoms. The van der Waals surface area contributed by atoms with Crippen molar-refractivity contribution in [3.05, 3.63) is 0 Å². The molecule has 1 heterocycles. The Morgan fingerprint density at radius 3 is 2.81 bits per heavy atom. The number of hydrogen-bond acceptors (Lipinski definition) is 3. The Balaban J connectivity index is 2.27. The lowest BCUT2D eigenvalue weighted by Crippen LogP contribution is -2.46. The summed E-state index contributed by atoms with van der Waals surface area (Å²) in [5, 5.41) is 5.53. The molecule has 0 aliphatic carbocycles. The van der Waals surface area contributed by atoms with Gasteiger partial charge in [-0.2, -0.15) is 0 Å². The summed E-state index contributed by atoms with van der Waals surface area (Å²) in [7, 11) is 0. The third kappa shape index (κ3) is 3.81. The molecule has 1 fully saturated rings. The Morgan fingerprint density at radius 2 is 2.31 bits per heavy atom. The van der Waals surface area contributed by atoms with Crippen molar-refractivity contribution in [2.75, 3.05) is 13.1 Å². The van der Waals surface area contributed by atoms with Gasteiger partial charge < -0.3 is 16.4 Å². The molecular formula is C11H21N3O2. The molecule has 4 N–H and O–H groups in total. The summed E-state index contributed by atoms with van der Waals surface area (Å²) < 4.78 is 0. The molecule has 5 heteroatoms. The smallest absolute Gasteiger partial charge is 0.224 e. The lowest BCUT2D eigenvalue weighted by Gasteiger charge is -2.23. The Labute approximate surface area is 96.1 Å². The van der Waals surface area contributed by atoms with Crippen LogP contribution in [0.4, 0.5) is 0 Å². The van der Waals surface area contributed by atoms with Gasteiger partial charge in [-0.05, 0) is 12.3 Å².